The van der Waals surface area contributed by atoms with E-state index in [1.165, 1.54) is 10.9 Å². The Morgan fingerprint density at radius 3 is 2.83 bits per heavy atom. The lowest BCUT2D eigenvalue weighted by atomic mass is 10.1. The molecule has 0 fully saturated rings. The van der Waals surface area contributed by atoms with Crippen LogP contribution in [-0.2, 0) is 11.2 Å². The predicted octanol–water partition coefficient (Wildman–Crippen LogP) is 3.27. The Kier molecular flexibility index (Phi) is 4.15. The van der Waals surface area contributed by atoms with Crippen LogP contribution in [0.5, 0.6) is 0 Å². The number of hydrogen-bond donors (Lipinski definition) is 0. The summed E-state index contributed by atoms with van der Waals surface area (Å²) in [6, 6.07) is 8.07. The van der Waals surface area contributed by atoms with E-state index in [2.05, 4.69) is 13.0 Å². The molecular formula is C15H19NO2. The molecule has 0 radical (unpaired) electrons. The van der Waals surface area contributed by atoms with Gasteiger partial charge in [-0.2, -0.15) is 0 Å². The minimum Gasteiger partial charge on any atom is -0.384 e. The molecule has 1 aromatic carbocycles. The van der Waals surface area contributed by atoms with E-state index in [1.807, 2.05) is 24.4 Å². The third kappa shape index (κ3) is 2.46. The normalized spacial score (nSPS) is 11.0. The third-order valence-corrected chi connectivity index (χ3v) is 3.10. The SMILES string of the molecule is CCCc1cn(C(=O)CCOC)c2ccccc12. The highest BCUT2D eigenvalue weighted by molar-refractivity contribution is 5.94. The molecule has 1 aromatic heterocycles. The predicted molar refractivity (Wildman–Crippen MR) is 73.1 cm³/mol. The highest BCUT2D eigenvalue weighted by Crippen LogP contribution is 2.22. The van der Waals surface area contributed by atoms with Gasteiger partial charge < -0.3 is 4.74 Å². The van der Waals surface area contributed by atoms with Gasteiger partial charge in [-0.3, -0.25) is 9.36 Å². The number of carbonyl (C=O) groups is 1. The Morgan fingerprint density at radius 2 is 2.11 bits per heavy atom. The molecule has 0 aliphatic carbocycles. The second kappa shape index (κ2) is 5.83. The van der Waals surface area contributed by atoms with E-state index < -0.39 is 0 Å². The number of carbonyl (C=O) groups excluding carboxylic acids is 1. The molecule has 2 rings (SSSR count). The van der Waals surface area contributed by atoms with Crippen LogP contribution in [0.25, 0.3) is 10.9 Å². The van der Waals surface area contributed by atoms with Gasteiger partial charge in [0, 0.05) is 18.7 Å². The molecule has 3 heteroatoms. The first-order valence-corrected chi connectivity index (χ1v) is 6.39. The number of rotatable bonds is 5. The van der Waals surface area contributed by atoms with Crippen molar-refractivity contribution >= 4 is 16.8 Å². The van der Waals surface area contributed by atoms with E-state index in [9.17, 15) is 4.79 Å². The quantitative estimate of drug-likeness (QED) is 0.809. The highest BCUT2D eigenvalue weighted by Gasteiger charge is 2.12. The van der Waals surface area contributed by atoms with Crippen molar-refractivity contribution in [2.75, 3.05) is 13.7 Å². The third-order valence-electron chi connectivity index (χ3n) is 3.10. The molecule has 0 saturated carbocycles. The molecule has 3 nitrogen and oxygen atoms in total. The molecule has 0 atom stereocenters. The van der Waals surface area contributed by atoms with Crippen molar-refractivity contribution in [3.63, 3.8) is 0 Å². The maximum atomic E-state index is 12.1. The zero-order valence-electron chi connectivity index (χ0n) is 11.0. The topological polar surface area (TPSA) is 31.2 Å². The van der Waals surface area contributed by atoms with Crippen molar-refractivity contribution in [2.45, 2.75) is 26.2 Å². The summed E-state index contributed by atoms with van der Waals surface area (Å²) in [6.45, 7) is 2.62. The van der Waals surface area contributed by atoms with Crippen LogP contribution < -0.4 is 0 Å². The van der Waals surface area contributed by atoms with Gasteiger partial charge in [0.15, 0.2) is 0 Å². The fourth-order valence-electron chi connectivity index (χ4n) is 2.23. The van der Waals surface area contributed by atoms with E-state index >= 15 is 0 Å². The average molecular weight is 245 g/mol. The second-order valence-electron chi connectivity index (χ2n) is 4.43. The summed E-state index contributed by atoms with van der Waals surface area (Å²) >= 11 is 0. The summed E-state index contributed by atoms with van der Waals surface area (Å²) in [5.41, 5.74) is 2.25. The number of nitrogens with zero attached hydrogens (tertiary/aromatic N) is 1. The van der Waals surface area contributed by atoms with Gasteiger partial charge in [0.1, 0.15) is 0 Å². The van der Waals surface area contributed by atoms with Crippen molar-refractivity contribution in [2.24, 2.45) is 0 Å². The number of aromatic nitrogens is 1. The molecule has 1 heterocycles. The van der Waals surface area contributed by atoms with Gasteiger partial charge in [-0.15, -0.1) is 0 Å². The molecule has 0 aliphatic heterocycles. The van der Waals surface area contributed by atoms with Crippen LogP contribution in [0.15, 0.2) is 30.5 Å². The molecule has 0 bridgehead atoms. The fourth-order valence-corrected chi connectivity index (χ4v) is 2.23. The van der Waals surface area contributed by atoms with Crippen molar-refractivity contribution in [3.8, 4) is 0 Å². The Labute approximate surface area is 107 Å². The minimum atomic E-state index is 0.0930. The lowest BCUT2D eigenvalue weighted by Crippen LogP contribution is -2.11. The molecule has 2 aromatic rings. The van der Waals surface area contributed by atoms with Gasteiger partial charge in [0.25, 0.3) is 0 Å². The van der Waals surface area contributed by atoms with Crippen LogP contribution in [0, 0.1) is 0 Å². The first-order valence-electron chi connectivity index (χ1n) is 6.39. The summed E-state index contributed by atoms with van der Waals surface area (Å²) in [4.78, 5) is 12.1. The standard InChI is InChI=1S/C15H19NO2/c1-3-6-12-11-16(15(17)9-10-18-2)14-8-5-4-7-13(12)14/h4-5,7-8,11H,3,6,9-10H2,1-2H3. The average Bonchev–Trinajstić information content (AvgIpc) is 2.76. The summed E-state index contributed by atoms with van der Waals surface area (Å²) < 4.78 is 6.73. The molecule has 0 spiro atoms. The van der Waals surface area contributed by atoms with Crippen LogP contribution in [0.4, 0.5) is 0 Å². The molecule has 0 N–H and O–H groups in total. The second-order valence-corrected chi connectivity index (χ2v) is 4.43. The van der Waals surface area contributed by atoms with Crippen molar-refractivity contribution in [1.82, 2.24) is 4.57 Å². The van der Waals surface area contributed by atoms with Crippen molar-refractivity contribution in [1.29, 1.82) is 0 Å². The Morgan fingerprint density at radius 1 is 1.33 bits per heavy atom. The molecule has 0 amide bonds. The van der Waals surface area contributed by atoms with E-state index in [4.69, 9.17) is 4.74 Å². The number of hydrogen-bond acceptors (Lipinski definition) is 2. The number of aryl methyl sites for hydroxylation is 1. The molecular weight excluding hydrogens is 226 g/mol. The van der Waals surface area contributed by atoms with Gasteiger partial charge in [0.05, 0.1) is 18.5 Å². The van der Waals surface area contributed by atoms with Gasteiger partial charge in [-0.25, -0.2) is 0 Å². The smallest absolute Gasteiger partial charge is 0.233 e. The number of para-hydroxylation sites is 1. The Bertz CT molecular complexity index is 542. The van der Waals surface area contributed by atoms with Crippen molar-refractivity contribution in [3.05, 3.63) is 36.0 Å². The first kappa shape index (κ1) is 12.8. The van der Waals surface area contributed by atoms with Crippen LogP contribution in [0.1, 0.15) is 30.1 Å². The summed E-state index contributed by atoms with van der Waals surface area (Å²) in [7, 11) is 1.61. The first-order chi connectivity index (χ1) is 8.77. The summed E-state index contributed by atoms with van der Waals surface area (Å²) in [5.74, 6) is 0.0930. The fraction of sp³-hybridized carbons (Fsp3) is 0.400. The minimum absolute atomic E-state index is 0.0930. The van der Waals surface area contributed by atoms with Gasteiger partial charge in [-0.1, -0.05) is 31.5 Å². The van der Waals surface area contributed by atoms with E-state index in [0.717, 1.165) is 18.4 Å². The van der Waals surface area contributed by atoms with Crippen LogP contribution in [-0.4, -0.2) is 24.2 Å². The summed E-state index contributed by atoms with van der Waals surface area (Å²) in [6.07, 6.45) is 4.48. The highest BCUT2D eigenvalue weighted by atomic mass is 16.5. The summed E-state index contributed by atoms with van der Waals surface area (Å²) in [5, 5.41) is 1.19. The maximum absolute atomic E-state index is 12.1. The van der Waals surface area contributed by atoms with E-state index in [1.54, 1.807) is 11.7 Å². The van der Waals surface area contributed by atoms with Crippen LogP contribution in [0.2, 0.25) is 0 Å². The van der Waals surface area contributed by atoms with Gasteiger partial charge >= 0.3 is 0 Å². The molecule has 0 unspecified atom stereocenters. The zero-order chi connectivity index (χ0) is 13.0. The lowest BCUT2D eigenvalue weighted by molar-refractivity contribution is 0.0856. The van der Waals surface area contributed by atoms with Crippen LogP contribution in [0.3, 0.4) is 0 Å². The van der Waals surface area contributed by atoms with Crippen LogP contribution >= 0.6 is 0 Å². The van der Waals surface area contributed by atoms with Crippen molar-refractivity contribution < 1.29 is 9.53 Å². The largest absolute Gasteiger partial charge is 0.384 e. The molecule has 0 aliphatic rings. The number of fused-ring (bicyclic) bond motifs is 1. The molecule has 96 valence electrons. The Hall–Kier alpha value is -1.61. The van der Waals surface area contributed by atoms with Gasteiger partial charge in [0.2, 0.25) is 5.91 Å². The molecule has 0 saturated heterocycles. The monoisotopic (exact) mass is 245 g/mol. The Balaban J connectivity index is 2.41. The molecule has 18 heavy (non-hydrogen) atoms. The zero-order valence-corrected chi connectivity index (χ0v) is 11.0. The maximum Gasteiger partial charge on any atom is 0.233 e. The lowest BCUT2D eigenvalue weighted by Gasteiger charge is -2.02. The van der Waals surface area contributed by atoms with E-state index in [0.29, 0.717) is 13.0 Å². The number of benzene rings is 1. The van der Waals surface area contributed by atoms with E-state index in [-0.39, 0.29) is 5.91 Å². The number of methoxy groups -OCH3 is 1. The number of ether oxygens (including phenoxy) is 1. The van der Waals surface area contributed by atoms with Gasteiger partial charge in [-0.05, 0) is 18.1 Å².